The van der Waals surface area contributed by atoms with Gasteiger partial charge in [0, 0.05) is 0 Å². The zero-order valence-electron chi connectivity index (χ0n) is 8.43. The molecule has 4 heteroatoms. The summed E-state index contributed by atoms with van der Waals surface area (Å²) < 4.78 is 5.80. The van der Waals surface area contributed by atoms with E-state index in [0.29, 0.717) is 4.65 Å². The van der Waals surface area contributed by atoms with Crippen molar-refractivity contribution >= 4 is 0 Å². The number of epoxide rings is 1. The van der Waals surface area contributed by atoms with E-state index in [1.54, 1.807) is 0 Å². The van der Waals surface area contributed by atoms with Crippen molar-refractivity contribution < 1.29 is 26.6 Å². The number of rotatable bonds is 3. The lowest BCUT2D eigenvalue weighted by molar-refractivity contribution is -1.07. The minimum atomic E-state index is -0.0223. The average molecular weight is 196 g/mol. The predicted octanol–water partition coefficient (Wildman–Crippen LogP) is -2.19. The van der Waals surface area contributed by atoms with E-state index in [1.807, 2.05) is 21.1 Å². The van der Waals surface area contributed by atoms with Gasteiger partial charge in [0.25, 0.3) is 0 Å². The van der Waals surface area contributed by atoms with Crippen molar-refractivity contribution in [2.45, 2.75) is 25.6 Å². The van der Waals surface area contributed by atoms with Crippen molar-refractivity contribution in [2.24, 2.45) is 0 Å². The summed E-state index contributed by atoms with van der Waals surface area (Å²) in [6, 6.07) is 0. The molecule has 1 saturated heterocycles. The molecule has 2 unspecified atom stereocenters. The first kappa shape index (κ1) is 12.2. The normalized spacial score (nSPS) is 30.8. The molecule has 0 bridgehead atoms. The summed E-state index contributed by atoms with van der Waals surface area (Å²) >= 11 is 0. The van der Waals surface area contributed by atoms with E-state index in [2.05, 4.69) is 13.8 Å². The third kappa shape index (κ3) is 3.27. The molecule has 1 rings (SSSR count). The standard InChI is InChI=1S/C8H18NO2.ClH/c1-7(8(2)6-10-8)11-9(3,4)5;/h7H,6H2,1-5H3;1H/q+1;/p-1. The van der Waals surface area contributed by atoms with Gasteiger partial charge in [-0.25, -0.2) is 0 Å². The van der Waals surface area contributed by atoms with Crippen molar-refractivity contribution in [1.29, 1.82) is 0 Å². The van der Waals surface area contributed by atoms with Crippen LogP contribution in [0.1, 0.15) is 13.8 Å². The van der Waals surface area contributed by atoms with E-state index in [4.69, 9.17) is 9.57 Å². The number of halogens is 1. The van der Waals surface area contributed by atoms with Gasteiger partial charge in [-0.3, -0.25) is 0 Å². The van der Waals surface area contributed by atoms with E-state index in [0.717, 1.165) is 6.61 Å². The summed E-state index contributed by atoms with van der Waals surface area (Å²) in [5.74, 6) is 0. The second-order valence-corrected chi connectivity index (χ2v) is 4.24. The van der Waals surface area contributed by atoms with Crippen LogP contribution in [0.15, 0.2) is 0 Å². The predicted molar refractivity (Wildman–Crippen MR) is 42.9 cm³/mol. The number of quaternary nitrogens is 1. The minimum Gasteiger partial charge on any atom is -1.00 e. The van der Waals surface area contributed by atoms with Crippen LogP contribution in [0.25, 0.3) is 0 Å². The molecule has 0 aromatic carbocycles. The van der Waals surface area contributed by atoms with Crippen molar-refractivity contribution in [1.82, 2.24) is 0 Å². The summed E-state index contributed by atoms with van der Waals surface area (Å²) in [5, 5.41) is 0. The molecular formula is C8H18ClNO2. The molecule has 1 aliphatic heterocycles. The summed E-state index contributed by atoms with van der Waals surface area (Å²) in [5.41, 5.74) is -0.0223. The molecule has 0 aliphatic carbocycles. The molecule has 0 N–H and O–H groups in total. The Morgan fingerprint density at radius 1 is 1.42 bits per heavy atom. The monoisotopic (exact) mass is 195 g/mol. The Bertz CT molecular complexity index is 152. The minimum absolute atomic E-state index is 0. The zero-order chi connectivity index (χ0) is 8.70. The Labute approximate surface area is 80.6 Å². The van der Waals surface area contributed by atoms with Crippen LogP contribution in [0.2, 0.25) is 0 Å². The van der Waals surface area contributed by atoms with Crippen molar-refractivity contribution in [3.8, 4) is 0 Å². The molecule has 0 amide bonds. The van der Waals surface area contributed by atoms with Gasteiger partial charge < -0.3 is 17.1 Å². The maximum Gasteiger partial charge on any atom is 0.145 e. The molecule has 1 fully saturated rings. The molecule has 1 heterocycles. The molecule has 2 atom stereocenters. The molecular weight excluding hydrogens is 178 g/mol. The lowest BCUT2D eigenvalue weighted by Crippen LogP contribution is -3.00. The van der Waals surface area contributed by atoms with Gasteiger partial charge in [-0.2, -0.15) is 9.48 Å². The van der Waals surface area contributed by atoms with Gasteiger partial charge in [-0.05, 0) is 13.8 Å². The van der Waals surface area contributed by atoms with E-state index in [-0.39, 0.29) is 24.1 Å². The molecule has 0 aromatic rings. The highest BCUT2D eigenvalue weighted by atomic mass is 35.5. The maximum absolute atomic E-state index is 5.68. The van der Waals surface area contributed by atoms with E-state index < -0.39 is 0 Å². The lowest BCUT2D eigenvalue weighted by atomic mass is 10.1. The first-order valence-corrected chi connectivity index (χ1v) is 3.97. The molecule has 0 radical (unpaired) electrons. The third-order valence-corrected chi connectivity index (χ3v) is 1.93. The van der Waals surface area contributed by atoms with E-state index in [1.165, 1.54) is 0 Å². The second kappa shape index (κ2) is 3.50. The molecule has 0 saturated carbocycles. The first-order valence-electron chi connectivity index (χ1n) is 3.97. The Hall–Kier alpha value is 0.170. The van der Waals surface area contributed by atoms with Crippen LogP contribution in [0.5, 0.6) is 0 Å². The number of hydrogen-bond acceptors (Lipinski definition) is 2. The fourth-order valence-electron chi connectivity index (χ4n) is 0.934. The Morgan fingerprint density at radius 3 is 2.08 bits per heavy atom. The third-order valence-electron chi connectivity index (χ3n) is 1.93. The van der Waals surface area contributed by atoms with Crippen molar-refractivity contribution in [2.75, 3.05) is 27.7 Å². The number of hydrogen-bond donors (Lipinski definition) is 0. The number of nitrogens with zero attached hydrogens (tertiary/aromatic N) is 1. The second-order valence-electron chi connectivity index (χ2n) is 4.24. The molecule has 12 heavy (non-hydrogen) atoms. The molecule has 0 spiro atoms. The van der Waals surface area contributed by atoms with Crippen LogP contribution in [0.4, 0.5) is 0 Å². The van der Waals surface area contributed by atoms with Crippen LogP contribution in [-0.2, 0) is 9.57 Å². The highest BCUT2D eigenvalue weighted by Gasteiger charge is 2.48. The van der Waals surface area contributed by atoms with Gasteiger partial charge in [0.1, 0.15) is 11.7 Å². The van der Waals surface area contributed by atoms with Crippen LogP contribution in [0.3, 0.4) is 0 Å². The van der Waals surface area contributed by atoms with E-state index >= 15 is 0 Å². The maximum atomic E-state index is 5.68. The highest BCUT2D eigenvalue weighted by molar-refractivity contribution is 4.92. The lowest BCUT2D eigenvalue weighted by Gasteiger charge is -2.27. The molecule has 3 nitrogen and oxygen atoms in total. The fraction of sp³-hybridized carbons (Fsp3) is 1.00. The SMILES string of the molecule is CC(O[N+](C)(C)C)C1(C)CO1.[Cl-]. The largest absolute Gasteiger partial charge is 1.00 e. The summed E-state index contributed by atoms with van der Waals surface area (Å²) in [7, 11) is 6.01. The summed E-state index contributed by atoms with van der Waals surface area (Å²) in [6.07, 6.45) is 0.169. The van der Waals surface area contributed by atoms with Crippen LogP contribution in [-0.4, -0.2) is 44.1 Å². The van der Waals surface area contributed by atoms with Crippen LogP contribution < -0.4 is 12.4 Å². The van der Waals surface area contributed by atoms with Crippen LogP contribution in [0, 0.1) is 0 Å². The van der Waals surface area contributed by atoms with Gasteiger partial charge in [0.05, 0.1) is 27.7 Å². The molecule has 74 valence electrons. The Kier molecular flexibility index (Phi) is 3.55. The average Bonchev–Trinajstić information content (AvgIpc) is 2.44. The summed E-state index contributed by atoms with van der Waals surface area (Å²) in [6.45, 7) is 4.96. The van der Waals surface area contributed by atoms with Gasteiger partial charge >= 0.3 is 0 Å². The van der Waals surface area contributed by atoms with Gasteiger partial charge in [-0.1, -0.05) is 0 Å². The Balaban J connectivity index is 0.00000121. The number of ether oxygens (including phenoxy) is 1. The van der Waals surface area contributed by atoms with Crippen LogP contribution >= 0.6 is 0 Å². The highest BCUT2D eigenvalue weighted by Crippen LogP contribution is 2.32. The Morgan fingerprint density at radius 2 is 1.83 bits per heavy atom. The fourth-order valence-corrected chi connectivity index (χ4v) is 0.934. The zero-order valence-corrected chi connectivity index (χ0v) is 9.18. The van der Waals surface area contributed by atoms with Gasteiger partial charge in [0.15, 0.2) is 0 Å². The summed E-state index contributed by atoms with van der Waals surface area (Å²) in [4.78, 5) is 5.68. The van der Waals surface area contributed by atoms with Gasteiger partial charge in [-0.15, -0.1) is 0 Å². The molecule has 1 aliphatic rings. The first-order chi connectivity index (χ1) is 4.83. The van der Waals surface area contributed by atoms with Crippen molar-refractivity contribution in [3.63, 3.8) is 0 Å². The van der Waals surface area contributed by atoms with E-state index in [9.17, 15) is 0 Å². The molecule has 0 aromatic heterocycles. The number of hydroxylamine groups is 3. The topological polar surface area (TPSA) is 21.8 Å². The van der Waals surface area contributed by atoms with Gasteiger partial charge in [0.2, 0.25) is 0 Å². The van der Waals surface area contributed by atoms with Crippen molar-refractivity contribution in [3.05, 3.63) is 0 Å². The quantitative estimate of drug-likeness (QED) is 0.290. The smallest absolute Gasteiger partial charge is 0.145 e.